The van der Waals surface area contributed by atoms with Crippen molar-refractivity contribution in [1.82, 2.24) is 0 Å². The second-order valence-electron chi connectivity index (χ2n) is 0.947. The summed E-state index contributed by atoms with van der Waals surface area (Å²) < 4.78 is 27.3. The predicted molar refractivity (Wildman–Crippen MR) is 20.2 cm³/mol. The molecule has 1 heterocycles. The van der Waals surface area contributed by atoms with Crippen LogP contribution in [0.3, 0.4) is 0 Å². The maximum absolute atomic E-state index is 9.79. The molecule has 0 aromatic carbocycles. The molecule has 1 saturated heterocycles. The molecule has 0 aromatic rings. The monoisotopic (exact) mass is 122 g/mol. The second-order valence-corrected chi connectivity index (χ2v) is 2.10. The quantitative estimate of drug-likeness (QED) is 0.444. The molecule has 0 N–H and O–H groups in total. The van der Waals surface area contributed by atoms with Gasteiger partial charge in [0, 0.05) is 0 Å². The van der Waals surface area contributed by atoms with E-state index in [-0.39, 0.29) is 5.95 Å². The lowest BCUT2D eigenvalue weighted by atomic mass is 11.1. The molecule has 7 heavy (non-hydrogen) atoms. The van der Waals surface area contributed by atoms with E-state index in [2.05, 4.69) is 14.9 Å². The molecule has 4 nitrogen and oxygen atoms in total. The summed E-state index contributed by atoms with van der Waals surface area (Å²) in [5.41, 5.74) is 0. The summed E-state index contributed by atoms with van der Waals surface area (Å²) in [6, 6.07) is 0. The van der Waals surface area contributed by atoms with Gasteiger partial charge in [-0.15, -0.1) is 8.42 Å². The van der Waals surface area contributed by atoms with Crippen LogP contribution in [-0.2, 0) is 18.8 Å². The third kappa shape index (κ3) is 0.663. The highest BCUT2D eigenvalue weighted by molar-refractivity contribution is 7.83. The molecule has 0 unspecified atom stereocenters. The number of hydrogen-bond acceptors (Lipinski definition) is 4. The van der Waals surface area contributed by atoms with Crippen LogP contribution >= 0.6 is 0 Å². The molecule has 1 aliphatic heterocycles. The lowest BCUT2D eigenvalue weighted by Gasteiger charge is -2.14. The van der Waals surface area contributed by atoms with Crippen molar-refractivity contribution in [1.29, 1.82) is 0 Å². The largest absolute Gasteiger partial charge is 0.506 e. The first-order chi connectivity index (χ1) is 3.10. The minimum absolute atomic E-state index is 0.167. The molecule has 0 atom stereocenters. The average molecular weight is 122 g/mol. The van der Waals surface area contributed by atoms with Gasteiger partial charge >= 0.3 is 16.3 Å². The maximum Gasteiger partial charge on any atom is 0.506 e. The van der Waals surface area contributed by atoms with Crippen LogP contribution in [-0.4, -0.2) is 8.42 Å². The lowest BCUT2D eigenvalue weighted by molar-refractivity contribution is 0.121. The highest BCUT2D eigenvalue weighted by Gasteiger charge is 2.29. The molecule has 0 spiro atoms. The van der Waals surface area contributed by atoms with Gasteiger partial charge in [-0.05, 0) is 6.58 Å². The van der Waals surface area contributed by atoms with E-state index in [1.165, 1.54) is 0 Å². The molecule has 0 saturated carbocycles. The van der Waals surface area contributed by atoms with Crippen molar-refractivity contribution in [3.63, 3.8) is 0 Å². The summed E-state index contributed by atoms with van der Waals surface area (Å²) >= 11 is 0. The van der Waals surface area contributed by atoms with Gasteiger partial charge in [0.15, 0.2) is 0 Å². The molecule has 0 radical (unpaired) electrons. The molecular weight excluding hydrogens is 120 g/mol. The molecule has 0 bridgehead atoms. The zero-order valence-electron chi connectivity index (χ0n) is 3.25. The topological polar surface area (TPSA) is 52.6 Å². The van der Waals surface area contributed by atoms with Gasteiger partial charge in [-0.3, -0.25) is 0 Å². The highest BCUT2D eigenvalue weighted by atomic mass is 32.3. The Labute approximate surface area is 40.7 Å². The average Bonchev–Trinajstić information content (AvgIpc) is 1.27. The molecule has 1 aliphatic rings. The minimum atomic E-state index is -3.63. The Morgan fingerprint density at radius 3 is 1.86 bits per heavy atom. The normalized spacial score (nSPS) is 24.3. The Kier molecular flexibility index (Phi) is 0.584. The standard InChI is InChI=1S/C2H2O4S/c1-2-5-7(3,4)6-2/h1H2. The van der Waals surface area contributed by atoms with Gasteiger partial charge < -0.3 is 8.37 Å². The zero-order valence-corrected chi connectivity index (χ0v) is 4.06. The molecule has 1 fully saturated rings. The summed E-state index contributed by atoms with van der Waals surface area (Å²) in [5, 5.41) is 0. The van der Waals surface area contributed by atoms with Gasteiger partial charge in [0.05, 0.1) is 0 Å². The summed E-state index contributed by atoms with van der Waals surface area (Å²) in [7, 11) is -3.63. The second kappa shape index (κ2) is 0.919. The van der Waals surface area contributed by atoms with Crippen molar-refractivity contribution >= 4 is 10.4 Å². The molecule has 0 aromatic heterocycles. The van der Waals surface area contributed by atoms with E-state index in [9.17, 15) is 8.42 Å². The van der Waals surface area contributed by atoms with Crippen molar-refractivity contribution < 1.29 is 16.8 Å². The van der Waals surface area contributed by atoms with E-state index in [1.54, 1.807) is 0 Å². The highest BCUT2D eigenvalue weighted by Crippen LogP contribution is 2.18. The lowest BCUT2D eigenvalue weighted by Crippen LogP contribution is -2.20. The molecule has 5 heteroatoms. The molecule has 40 valence electrons. The van der Waals surface area contributed by atoms with Gasteiger partial charge in [0.2, 0.25) is 0 Å². The fourth-order valence-electron chi connectivity index (χ4n) is 0.234. The predicted octanol–water partition coefficient (Wildman–Crippen LogP) is -0.251. The van der Waals surface area contributed by atoms with E-state index in [0.29, 0.717) is 0 Å². The van der Waals surface area contributed by atoms with Crippen molar-refractivity contribution in [3.8, 4) is 0 Å². The smallest absolute Gasteiger partial charge is 0.316 e. The van der Waals surface area contributed by atoms with E-state index in [0.717, 1.165) is 0 Å². The van der Waals surface area contributed by atoms with Crippen molar-refractivity contribution in [2.75, 3.05) is 0 Å². The Morgan fingerprint density at radius 1 is 1.43 bits per heavy atom. The Hall–Kier alpha value is -0.710. The minimum Gasteiger partial charge on any atom is -0.316 e. The Bertz CT molecular complexity index is 174. The first-order valence-electron chi connectivity index (χ1n) is 1.43. The molecule has 1 rings (SSSR count). The first kappa shape index (κ1) is 4.45. The van der Waals surface area contributed by atoms with Crippen LogP contribution in [0.25, 0.3) is 0 Å². The van der Waals surface area contributed by atoms with Gasteiger partial charge in [-0.25, -0.2) is 0 Å². The summed E-state index contributed by atoms with van der Waals surface area (Å²) in [6.45, 7) is 3.03. The molecule has 0 aliphatic carbocycles. The third-order valence-electron chi connectivity index (χ3n) is 0.390. The van der Waals surface area contributed by atoms with E-state index >= 15 is 0 Å². The van der Waals surface area contributed by atoms with E-state index in [1.807, 2.05) is 0 Å². The van der Waals surface area contributed by atoms with Gasteiger partial charge in [-0.1, -0.05) is 0 Å². The van der Waals surface area contributed by atoms with Crippen LogP contribution in [0.4, 0.5) is 0 Å². The van der Waals surface area contributed by atoms with Crippen LogP contribution in [0.1, 0.15) is 0 Å². The van der Waals surface area contributed by atoms with Crippen LogP contribution in [0.2, 0.25) is 0 Å². The van der Waals surface area contributed by atoms with Crippen LogP contribution in [0.5, 0.6) is 0 Å². The van der Waals surface area contributed by atoms with E-state index in [4.69, 9.17) is 0 Å². The van der Waals surface area contributed by atoms with Crippen LogP contribution in [0.15, 0.2) is 12.5 Å². The maximum atomic E-state index is 9.79. The van der Waals surface area contributed by atoms with Crippen LogP contribution < -0.4 is 0 Å². The molecule has 0 amide bonds. The Balaban J connectivity index is 2.79. The fourth-order valence-corrected chi connectivity index (χ4v) is 0.702. The summed E-state index contributed by atoms with van der Waals surface area (Å²) in [6.07, 6.45) is 0. The summed E-state index contributed by atoms with van der Waals surface area (Å²) in [5.74, 6) is -0.167. The van der Waals surface area contributed by atoms with Gasteiger partial charge in [0.1, 0.15) is 0 Å². The van der Waals surface area contributed by atoms with E-state index < -0.39 is 10.4 Å². The number of rotatable bonds is 0. The third-order valence-corrected chi connectivity index (χ3v) is 1.17. The number of hydrogen-bond donors (Lipinski definition) is 0. The van der Waals surface area contributed by atoms with Crippen molar-refractivity contribution in [3.05, 3.63) is 12.5 Å². The van der Waals surface area contributed by atoms with Crippen molar-refractivity contribution in [2.45, 2.75) is 0 Å². The van der Waals surface area contributed by atoms with Gasteiger partial charge in [0.25, 0.3) is 0 Å². The van der Waals surface area contributed by atoms with Crippen LogP contribution in [0, 0.1) is 0 Å². The SMILES string of the molecule is C=C1OS(=O)(=O)O1. The summed E-state index contributed by atoms with van der Waals surface area (Å²) in [4.78, 5) is 0. The van der Waals surface area contributed by atoms with Gasteiger partial charge in [-0.2, -0.15) is 0 Å². The van der Waals surface area contributed by atoms with Crippen molar-refractivity contribution in [2.24, 2.45) is 0 Å². The molecular formula is C2H2O4S. The fraction of sp³-hybridized carbons (Fsp3) is 0. The first-order valence-corrected chi connectivity index (χ1v) is 2.76. The zero-order chi connectivity index (χ0) is 5.49. The Morgan fingerprint density at radius 2 is 1.86 bits per heavy atom.